The van der Waals surface area contributed by atoms with E-state index in [1.807, 2.05) is 6.92 Å². The SMILES string of the molecule is CC1CN(C(=O)c2c(Cl)cccc2Cl)CC(CO)O1. The molecule has 0 aliphatic carbocycles. The van der Waals surface area contributed by atoms with Crippen LogP contribution in [-0.2, 0) is 4.74 Å². The standard InChI is InChI=1S/C13H15Cl2NO3/c1-8-5-16(6-9(7-17)19-8)13(18)12-10(14)3-2-4-11(12)15/h2-4,8-9,17H,5-7H2,1H3. The second-order valence-electron chi connectivity index (χ2n) is 4.56. The highest BCUT2D eigenvalue weighted by Crippen LogP contribution is 2.26. The second kappa shape index (κ2) is 6.09. The first kappa shape index (κ1) is 14.6. The molecule has 104 valence electrons. The second-order valence-corrected chi connectivity index (χ2v) is 5.37. The van der Waals surface area contributed by atoms with Crippen molar-refractivity contribution in [3.63, 3.8) is 0 Å². The van der Waals surface area contributed by atoms with Gasteiger partial charge in [-0.25, -0.2) is 0 Å². The molecule has 0 bridgehead atoms. The Morgan fingerprint density at radius 2 is 2.05 bits per heavy atom. The van der Waals surface area contributed by atoms with E-state index in [2.05, 4.69) is 0 Å². The van der Waals surface area contributed by atoms with Crippen molar-refractivity contribution < 1.29 is 14.6 Å². The van der Waals surface area contributed by atoms with Crippen molar-refractivity contribution in [2.45, 2.75) is 19.1 Å². The fraction of sp³-hybridized carbons (Fsp3) is 0.462. The van der Waals surface area contributed by atoms with Crippen LogP contribution in [0.4, 0.5) is 0 Å². The van der Waals surface area contributed by atoms with E-state index in [1.165, 1.54) is 0 Å². The number of halogens is 2. The van der Waals surface area contributed by atoms with E-state index >= 15 is 0 Å². The summed E-state index contributed by atoms with van der Waals surface area (Å²) in [4.78, 5) is 14.1. The number of hydrogen-bond acceptors (Lipinski definition) is 3. The molecule has 2 unspecified atom stereocenters. The van der Waals surface area contributed by atoms with Gasteiger partial charge in [-0.05, 0) is 19.1 Å². The summed E-state index contributed by atoms with van der Waals surface area (Å²) in [5.41, 5.74) is 0.302. The van der Waals surface area contributed by atoms with Crippen molar-refractivity contribution in [1.29, 1.82) is 0 Å². The molecule has 1 aromatic carbocycles. The van der Waals surface area contributed by atoms with Crippen molar-refractivity contribution in [2.24, 2.45) is 0 Å². The lowest BCUT2D eigenvalue weighted by atomic mass is 10.1. The zero-order valence-electron chi connectivity index (χ0n) is 10.5. The zero-order chi connectivity index (χ0) is 14.0. The predicted octanol–water partition coefficient (Wildman–Crippen LogP) is 2.22. The first-order chi connectivity index (χ1) is 9.02. The Morgan fingerprint density at radius 1 is 1.42 bits per heavy atom. The fourth-order valence-corrected chi connectivity index (χ4v) is 2.73. The maximum Gasteiger partial charge on any atom is 0.257 e. The number of aliphatic hydroxyl groups excluding tert-OH is 1. The van der Waals surface area contributed by atoms with E-state index in [0.717, 1.165) is 0 Å². The van der Waals surface area contributed by atoms with Gasteiger partial charge in [-0.1, -0.05) is 29.3 Å². The molecule has 0 saturated carbocycles. The molecule has 4 nitrogen and oxygen atoms in total. The van der Waals surface area contributed by atoms with Gasteiger partial charge < -0.3 is 14.7 Å². The molecule has 1 N–H and O–H groups in total. The minimum absolute atomic E-state index is 0.121. The third kappa shape index (κ3) is 3.20. The summed E-state index contributed by atoms with van der Waals surface area (Å²) in [6.45, 7) is 2.53. The molecular formula is C13H15Cl2NO3. The molecule has 6 heteroatoms. The van der Waals surface area contributed by atoms with Gasteiger partial charge in [-0.2, -0.15) is 0 Å². The van der Waals surface area contributed by atoms with E-state index in [1.54, 1.807) is 23.1 Å². The number of benzene rings is 1. The molecule has 2 atom stereocenters. The van der Waals surface area contributed by atoms with E-state index < -0.39 is 0 Å². The van der Waals surface area contributed by atoms with Gasteiger partial charge in [-0.15, -0.1) is 0 Å². The number of carbonyl (C=O) groups is 1. The van der Waals surface area contributed by atoms with Crippen molar-refractivity contribution >= 4 is 29.1 Å². The zero-order valence-corrected chi connectivity index (χ0v) is 12.0. The van der Waals surface area contributed by atoms with E-state index in [-0.39, 0.29) is 24.7 Å². The largest absolute Gasteiger partial charge is 0.394 e. The molecule has 1 saturated heterocycles. The van der Waals surface area contributed by atoms with Gasteiger partial charge in [0.2, 0.25) is 0 Å². The molecular weight excluding hydrogens is 289 g/mol. The van der Waals surface area contributed by atoms with Crippen molar-refractivity contribution in [2.75, 3.05) is 19.7 Å². The summed E-state index contributed by atoms with van der Waals surface area (Å²) in [5, 5.41) is 9.83. The van der Waals surface area contributed by atoms with Crippen molar-refractivity contribution in [3.8, 4) is 0 Å². The Kier molecular flexibility index (Phi) is 4.68. The first-order valence-electron chi connectivity index (χ1n) is 6.02. The lowest BCUT2D eigenvalue weighted by Crippen LogP contribution is -2.50. The van der Waals surface area contributed by atoms with Crippen molar-refractivity contribution in [1.82, 2.24) is 4.90 Å². The molecule has 1 aromatic rings. The minimum Gasteiger partial charge on any atom is -0.394 e. The molecule has 1 aliphatic rings. The highest BCUT2D eigenvalue weighted by atomic mass is 35.5. The number of morpholine rings is 1. The van der Waals surface area contributed by atoms with Gasteiger partial charge in [0.1, 0.15) is 0 Å². The topological polar surface area (TPSA) is 49.8 Å². The number of ether oxygens (including phenoxy) is 1. The summed E-state index contributed by atoms with van der Waals surface area (Å²) in [7, 11) is 0. The molecule has 1 fully saturated rings. The third-order valence-corrected chi connectivity index (χ3v) is 3.62. The van der Waals surface area contributed by atoms with Gasteiger partial charge in [-0.3, -0.25) is 4.79 Å². The number of carbonyl (C=O) groups excluding carboxylic acids is 1. The summed E-state index contributed by atoms with van der Waals surface area (Å²) in [5.74, 6) is -0.232. The summed E-state index contributed by atoms with van der Waals surface area (Å²) >= 11 is 12.1. The first-order valence-corrected chi connectivity index (χ1v) is 6.78. The van der Waals surface area contributed by atoms with Gasteiger partial charge in [0.25, 0.3) is 5.91 Å². The Morgan fingerprint density at radius 3 is 2.63 bits per heavy atom. The Balaban J connectivity index is 2.24. The molecule has 1 aliphatic heterocycles. The van der Waals surface area contributed by atoms with Crippen LogP contribution in [0.3, 0.4) is 0 Å². The molecule has 2 rings (SSSR count). The molecule has 1 amide bonds. The quantitative estimate of drug-likeness (QED) is 0.911. The average Bonchev–Trinajstić information content (AvgIpc) is 2.37. The molecule has 0 aromatic heterocycles. The van der Waals surface area contributed by atoms with Crippen LogP contribution in [0.2, 0.25) is 10.0 Å². The highest BCUT2D eigenvalue weighted by Gasteiger charge is 2.30. The number of rotatable bonds is 2. The molecule has 1 heterocycles. The van der Waals surface area contributed by atoms with Gasteiger partial charge in [0.05, 0.1) is 34.4 Å². The Labute approximate surface area is 121 Å². The van der Waals surface area contributed by atoms with Crippen LogP contribution in [0.25, 0.3) is 0 Å². The highest BCUT2D eigenvalue weighted by molar-refractivity contribution is 6.39. The molecule has 0 radical (unpaired) electrons. The van der Waals surface area contributed by atoms with E-state index in [4.69, 9.17) is 27.9 Å². The summed E-state index contributed by atoms with van der Waals surface area (Å²) < 4.78 is 5.50. The van der Waals surface area contributed by atoms with Gasteiger partial charge in [0, 0.05) is 13.1 Å². The van der Waals surface area contributed by atoms with Crippen LogP contribution in [0.1, 0.15) is 17.3 Å². The van der Waals surface area contributed by atoms with Gasteiger partial charge in [0.15, 0.2) is 0 Å². The number of aliphatic hydroxyl groups is 1. The summed E-state index contributed by atoms with van der Waals surface area (Å²) in [6.07, 6.45) is -0.495. The Bertz CT molecular complexity index is 461. The normalized spacial score (nSPS) is 23.5. The number of amides is 1. The van der Waals surface area contributed by atoms with Crippen LogP contribution in [0.5, 0.6) is 0 Å². The van der Waals surface area contributed by atoms with Crippen LogP contribution in [0.15, 0.2) is 18.2 Å². The molecule has 19 heavy (non-hydrogen) atoms. The van der Waals surface area contributed by atoms with Crippen LogP contribution < -0.4 is 0 Å². The van der Waals surface area contributed by atoms with Gasteiger partial charge >= 0.3 is 0 Å². The van der Waals surface area contributed by atoms with Crippen LogP contribution in [-0.4, -0.2) is 47.8 Å². The average molecular weight is 304 g/mol. The predicted molar refractivity (Wildman–Crippen MR) is 73.8 cm³/mol. The lowest BCUT2D eigenvalue weighted by molar-refractivity contribution is -0.0858. The molecule has 0 spiro atoms. The summed E-state index contributed by atoms with van der Waals surface area (Å²) in [6, 6.07) is 4.96. The lowest BCUT2D eigenvalue weighted by Gasteiger charge is -2.36. The number of nitrogens with zero attached hydrogens (tertiary/aromatic N) is 1. The van der Waals surface area contributed by atoms with Crippen LogP contribution >= 0.6 is 23.2 Å². The monoisotopic (exact) mass is 303 g/mol. The maximum atomic E-state index is 12.5. The van der Waals surface area contributed by atoms with E-state index in [0.29, 0.717) is 28.7 Å². The minimum atomic E-state index is -0.367. The smallest absolute Gasteiger partial charge is 0.257 e. The third-order valence-electron chi connectivity index (χ3n) is 2.99. The van der Waals surface area contributed by atoms with Crippen molar-refractivity contribution in [3.05, 3.63) is 33.8 Å². The Hall–Kier alpha value is -0.810. The maximum absolute atomic E-state index is 12.5. The van der Waals surface area contributed by atoms with Crippen LogP contribution in [0, 0.1) is 0 Å². The number of hydrogen-bond donors (Lipinski definition) is 1. The van der Waals surface area contributed by atoms with E-state index in [9.17, 15) is 9.90 Å². The fourth-order valence-electron chi connectivity index (χ4n) is 2.17.